The molecule has 0 unspecified atom stereocenters. The third kappa shape index (κ3) is 3.19. The van der Waals surface area contributed by atoms with Gasteiger partial charge in [0.25, 0.3) is 0 Å². The molecule has 130 valence electrons. The number of nitrogen functional groups attached to an aromatic ring is 1. The minimum absolute atomic E-state index is 0.0848. The van der Waals surface area contributed by atoms with Crippen molar-refractivity contribution in [3.63, 3.8) is 0 Å². The van der Waals surface area contributed by atoms with Crippen LogP contribution in [0.25, 0.3) is 16.9 Å². The predicted octanol–water partition coefficient (Wildman–Crippen LogP) is 3.84. The number of hydrogen-bond acceptors (Lipinski definition) is 4. The number of rotatable bonds is 4. The van der Waals surface area contributed by atoms with Crippen LogP contribution in [-0.2, 0) is 6.61 Å². The average molecular weight is 352 g/mol. The first-order valence-corrected chi connectivity index (χ1v) is 7.86. The van der Waals surface area contributed by atoms with E-state index in [1.165, 1.54) is 18.2 Å². The first-order chi connectivity index (χ1) is 12.6. The third-order valence-corrected chi connectivity index (χ3v) is 3.89. The Morgan fingerprint density at radius 2 is 1.81 bits per heavy atom. The Bertz CT molecular complexity index is 1080. The lowest BCUT2D eigenvalue weighted by atomic mass is 10.1. The minimum Gasteiger partial charge on any atom is -0.487 e. The molecule has 0 spiro atoms. The number of halogens is 2. The van der Waals surface area contributed by atoms with Crippen molar-refractivity contribution in [2.24, 2.45) is 0 Å². The molecule has 0 saturated carbocycles. The van der Waals surface area contributed by atoms with Crippen LogP contribution in [0.15, 0.2) is 61.1 Å². The number of benzene rings is 2. The monoisotopic (exact) mass is 352 g/mol. The molecular formula is C19H14F2N4O. The van der Waals surface area contributed by atoms with Crippen molar-refractivity contribution in [2.75, 3.05) is 5.73 Å². The van der Waals surface area contributed by atoms with Crippen LogP contribution in [0.5, 0.6) is 5.75 Å². The van der Waals surface area contributed by atoms with Gasteiger partial charge in [-0.2, -0.15) is 0 Å². The van der Waals surface area contributed by atoms with Crippen LogP contribution >= 0.6 is 0 Å². The van der Waals surface area contributed by atoms with E-state index in [0.29, 0.717) is 17.2 Å². The zero-order valence-corrected chi connectivity index (χ0v) is 13.6. The van der Waals surface area contributed by atoms with Gasteiger partial charge in [0, 0.05) is 24.2 Å². The van der Waals surface area contributed by atoms with Gasteiger partial charge in [0.1, 0.15) is 24.0 Å². The summed E-state index contributed by atoms with van der Waals surface area (Å²) in [6.07, 6.45) is 5.28. The van der Waals surface area contributed by atoms with Gasteiger partial charge in [0.15, 0.2) is 0 Å². The molecule has 2 N–H and O–H groups in total. The molecule has 0 bridgehead atoms. The molecule has 0 aliphatic heterocycles. The van der Waals surface area contributed by atoms with Gasteiger partial charge >= 0.3 is 0 Å². The van der Waals surface area contributed by atoms with Gasteiger partial charge < -0.3 is 10.5 Å². The van der Waals surface area contributed by atoms with E-state index in [1.807, 2.05) is 6.20 Å². The summed E-state index contributed by atoms with van der Waals surface area (Å²) in [4.78, 5) is 8.69. The van der Waals surface area contributed by atoms with Crippen LogP contribution in [0.1, 0.15) is 5.69 Å². The zero-order chi connectivity index (χ0) is 18.1. The molecule has 0 aliphatic rings. The molecule has 5 nitrogen and oxygen atoms in total. The van der Waals surface area contributed by atoms with Crippen molar-refractivity contribution >= 4 is 11.5 Å². The van der Waals surface area contributed by atoms with Gasteiger partial charge in [0.05, 0.1) is 11.4 Å². The molecule has 0 saturated heterocycles. The topological polar surface area (TPSA) is 65.4 Å². The van der Waals surface area contributed by atoms with Gasteiger partial charge in [-0.1, -0.05) is 6.07 Å². The van der Waals surface area contributed by atoms with Crippen LogP contribution in [0.3, 0.4) is 0 Å². The second kappa shape index (κ2) is 6.44. The molecule has 4 aromatic rings. The molecule has 0 amide bonds. The Balaban J connectivity index is 1.57. The summed E-state index contributed by atoms with van der Waals surface area (Å²) in [6, 6.07) is 10.3. The maximum Gasteiger partial charge on any atom is 0.234 e. The summed E-state index contributed by atoms with van der Waals surface area (Å²) in [5.41, 5.74) is 7.93. The Morgan fingerprint density at radius 1 is 1.00 bits per heavy atom. The Morgan fingerprint density at radius 3 is 2.58 bits per heavy atom. The number of nitrogens with two attached hydrogens (primary N) is 1. The van der Waals surface area contributed by atoms with E-state index in [-0.39, 0.29) is 18.1 Å². The summed E-state index contributed by atoms with van der Waals surface area (Å²) >= 11 is 0. The Hall–Kier alpha value is -3.48. The lowest BCUT2D eigenvalue weighted by Gasteiger charge is -2.04. The third-order valence-electron chi connectivity index (χ3n) is 3.89. The first kappa shape index (κ1) is 16.0. The quantitative estimate of drug-likeness (QED) is 0.567. The van der Waals surface area contributed by atoms with Gasteiger partial charge in [-0.25, -0.2) is 18.7 Å². The summed E-state index contributed by atoms with van der Waals surface area (Å²) < 4.78 is 33.6. The van der Waals surface area contributed by atoms with Crippen molar-refractivity contribution in [3.05, 3.63) is 78.4 Å². The fraction of sp³-hybridized carbons (Fsp3) is 0.0526. The molecule has 0 radical (unpaired) electrons. The van der Waals surface area contributed by atoms with E-state index in [9.17, 15) is 8.78 Å². The van der Waals surface area contributed by atoms with Crippen molar-refractivity contribution in [2.45, 2.75) is 6.61 Å². The zero-order valence-electron chi connectivity index (χ0n) is 13.6. The highest BCUT2D eigenvalue weighted by atomic mass is 19.1. The van der Waals surface area contributed by atoms with Crippen LogP contribution < -0.4 is 10.5 Å². The van der Waals surface area contributed by atoms with E-state index < -0.39 is 5.82 Å². The maximum absolute atomic E-state index is 13.3. The molecule has 0 atom stereocenters. The molecule has 4 rings (SSSR count). The molecule has 0 aliphatic carbocycles. The number of aromatic nitrogens is 3. The van der Waals surface area contributed by atoms with Crippen LogP contribution in [-0.4, -0.2) is 14.4 Å². The molecule has 7 heteroatoms. The molecule has 2 aromatic heterocycles. The Labute approximate surface area is 147 Å². The second-order valence-corrected chi connectivity index (χ2v) is 5.76. The van der Waals surface area contributed by atoms with Crippen LogP contribution in [0.2, 0.25) is 0 Å². The van der Waals surface area contributed by atoms with Crippen LogP contribution in [0.4, 0.5) is 14.5 Å². The molecule has 2 aromatic carbocycles. The highest BCUT2D eigenvalue weighted by molar-refractivity contribution is 5.66. The summed E-state index contributed by atoms with van der Waals surface area (Å²) in [7, 11) is 0. The largest absolute Gasteiger partial charge is 0.487 e. The second-order valence-electron chi connectivity index (χ2n) is 5.76. The fourth-order valence-electron chi connectivity index (χ4n) is 2.56. The SMILES string of the molecule is Nc1cc(-c2cnc3nc(COc4ccc(F)cc4)cn3c2)ccc1F. The van der Waals surface area contributed by atoms with E-state index in [1.54, 1.807) is 41.1 Å². The summed E-state index contributed by atoms with van der Waals surface area (Å²) in [6.45, 7) is 0.230. The van der Waals surface area contributed by atoms with Gasteiger partial charge in [-0.05, 0) is 42.0 Å². The summed E-state index contributed by atoms with van der Waals surface area (Å²) in [5, 5.41) is 0. The van der Waals surface area contributed by atoms with Crippen LogP contribution in [0, 0.1) is 11.6 Å². The maximum atomic E-state index is 13.3. The summed E-state index contributed by atoms with van der Waals surface area (Å²) in [5.74, 6) is 0.300. The van der Waals surface area contributed by atoms with E-state index in [2.05, 4.69) is 9.97 Å². The van der Waals surface area contributed by atoms with Gasteiger partial charge in [0.2, 0.25) is 5.78 Å². The minimum atomic E-state index is -0.453. The predicted molar refractivity (Wildman–Crippen MR) is 93.5 cm³/mol. The molecule has 2 heterocycles. The number of fused-ring (bicyclic) bond motifs is 1. The van der Waals surface area contributed by atoms with Crippen molar-refractivity contribution < 1.29 is 13.5 Å². The first-order valence-electron chi connectivity index (χ1n) is 7.86. The van der Waals surface area contributed by atoms with E-state index >= 15 is 0 Å². The van der Waals surface area contributed by atoms with E-state index in [4.69, 9.17) is 10.5 Å². The number of hydrogen-bond donors (Lipinski definition) is 1. The Kier molecular flexibility index (Phi) is 3.96. The highest BCUT2D eigenvalue weighted by Crippen LogP contribution is 2.23. The number of ether oxygens (including phenoxy) is 1. The lowest BCUT2D eigenvalue weighted by molar-refractivity contribution is 0.301. The normalized spacial score (nSPS) is 11.0. The smallest absolute Gasteiger partial charge is 0.234 e. The molecular weight excluding hydrogens is 338 g/mol. The van der Waals surface area contributed by atoms with E-state index in [0.717, 1.165) is 11.1 Å². The number of anilines is 1. The standard InChI is InChI=1S/C19H14F2N4O/c20-14-2-4-16(5-3-14)26-11-15-10-25-9-13(8-23-19(25)24-15)12-1-6-17(21)18(22)7-12/h1-10H,11,22H2. The molecule has 26 heavy (non-hydrogen) atoms. The molecule has 0 fully saturated rings. The van der Waals surface area contributed by atoms with Crippen molar-refractivity contribution in [3.8, 4) is 16.9 Å². The highest BCUT2D eigenvalue weighted by Gasteiger charge is 2.08. The average Bonchev–Trinajstić information content (AvgIpc) is 3.05. The van der Waals surface area contributed by atoms with Gasteiger partial charge in [-0.15, -0.1) is 0 Å². The van der Waals surface area contributed by atoms with Gasteiger partial charge in [-0.3, -0.25) is 4.40 Å². The number of imidazole rings is 1. The van der Waals surface area contributed by atoms with Crippen molar-refractivity contribution in [1.82, 2.24) is 14.4 Å². The van der Waals surface area contributed by atoms with Crippen molar-refractivity contribution in [1.29, 1.82) is 0 Å². The lowest BCUT2D eigenvalue weighted by Crippen LogP contribution is -1.95. The number of nitrogens with zero attached hydrogens (tertiary/aromatic N) is 3. The fourth-order valence-corrected chi connectivity index (χ4v) is 2.56.